The number of carboxylic acids is 1. The number of hydrogen-bond acceptors (Lipinski definition) is 5. The van der Waals surface area contributed by atoms with E-state index in [1.807, 2.05) is 62.7 Å². The van der Waals surface area contributed by atoms with Crippen LogP contribution in [-0.2, 0) is 17.8 Å². The molecule has 0 aliphatic carbocycles. The number of carboxylic acid groups (broad SMARTS) is 1. The van der Waals surface area contributed by atoms with E-state index in [4.69, 9.17) is 4.74 Å². The molecule has 3 aromatic carbocycles. The van der Waals surface area contributed by atoms with Crippen molar-refractivity contribution in [1.29, 1.82) is 0 Å². The van der Waals surface area contributed by atoms with Crippen molar-refractivity contribution in [3.05, 3.63) is 120 Å². The Morgan fingerprint density at radius 2 is 1.78 bits per heavy atom. The molecule has 0 saturated carbocycles. The second-order valence-corrected chi connectivity index (χ2v) is 12.9. The highest BCUT2D eigenvalue weighted by molar-refractivity contribution is 7.99. The van der Waals surface area contributed by atoms with Gasteiger partial charge in [0.25, 0.3) is 0 Å². The summed E-state index contributed by atoms with van der Waals surface area (Å²) in [7, 11) is 0. The minimum atomic E-state index is -0.977. The third-order valence-electron chi connectivity index (χ3n) is 7.65. The van der Waals surface area contributed by atoms with Crippen LogP contribution in [0, 0.1) is 12.3 Å². The smallest absolute Gasteiger partial charge is 0.309 e. The van der Waals surface area contributed by atoms with Crippen LogP contribution >= 0.6 is 11.8 Å². The summed E-state index contributed by atoms with van der Waals surface area (Å²) in [5.41, 5.74) is 5.92. The van der Waals surface area contributed by atoms with Gasteiger partial charge in [-0.05, 0) is 68.7 Å². The maximum absolute atomic E-state index is 12.4. The molecule has 45 heavy (non-hydrogen) atoms. The first-order valence-corrected chi connectivity index (χ1v) is 15.9. The summed E-state index contributed by atoms with van der Waals surface area (Å²) in [6.07, 6.45) is 4.91. The third-order valence-corrected chi connectivity index (χ3v) is 8.81. The Balaban J connectivity index is 1.60. The molecule has 0 atom stereocenters. The van der Waals surface area contributed by atoms with Crippen LogP contribution in [0.5, 0.6) is 5.75 Å². The Labute approximate surface area is 269 Å². The van der Waals surface area contributed by atoms with Crippen LogP contribution in [0.25, 0.3) is 22.0 Å². The Bertz CT molecular complexity index is 1820. The van der Waals surface area contributed by atoms with Gasteiger partial charge < -0.3 is 14.4 Å². The van der Waals surface area contributed by atoms with Crippen LogP contribution in [0.2, 0.25) is 0 Å². The Hall–Kier alpha value is -4.62. The van der Waals surface area contributed by atoms with Crippen molar-refractivity contribution in [2.45, 2.75) is 56.9 Å². The topological polar surface area (TPSA) is 76.7 Å². The molecule has 6 nitrogen and oxygen atoms in total. The first-order valence-electron chi connectivity index (χ1n) is 15.1. The van der Waals surface area contributed by atoms with Crippen molar-refractivity contribution >= 4 is 34.8 Å². The van der Waals surface area contributed by atoms with Gasteiger partial charge in [0, 0.05) is 63.6 Å². The van der Waals surface area contributed by atoms with Crippen molar-refractivity contribution in [2.75, 3.05) is 6.61 Å². The maximum atomic E-state index is 12.4. The highest BCUT2D eigenvalue weighted by atomic mass is 32.2. The number of fused-ring (bicyclic) bond motifs is 1. The summed E-state index contributed by atoms with van der Waals surface area (Å²) in [5.74, 6) is -0.125. The van der Waals surface area contributed by atoms with E-state index >= 15 is 0 Å². The van der Waals surface area contributed by atoms with Crippen molar-refractivity contribution in [2.24, 2.45) is 10.4 Å². The predicted octanol–water partition coefficient (Wildman–Crippen LogP) is 9.24. The minimum Gasteiger partial charge on any atom is -0.487 e. The molecule has 1 N–H and O–H groups in total. The molecule has 0 radical (unpaired) electrons. The van der Waals surface area contributed by atoms with Crippen LogP contribution in [0.4, 0.5) is 0 Å². The fraction of sp³-hybridized carbons (Fsp3) is 0.237. The fourth-order valence-corrected chi connectivity index (χ4v) is 6.16. The number of hydrogen-bond donors (Lipinski definition) is 1. The molecule has 0 aliphatic rings. The zero-order valence-electron chi connectivity index (χ0n) is 26.3. The fourth-order valence-electron chi connectivity index (χ4n) is 5.07. The van der Waals surface area contributed by atoms with Crippen molar-refractivity contribution < 1.29 is 14.6 Å². The summed E-state index contributed by atoms with van der Waals surface area (Å²) < 4.78 is 8.37. The van der Waals surface area contributed by atoms with E-state index < -0.39 is 11.4 Å². The SMILES string of the molecule is C=C(COc1ccc2c(Sc3ccc(-c4ccc(C)nc4)cc3)c(CC(C)(C)C(=O)O)n(Cc3ccccc3)c2c1)/N=C\CC. The number of ether oxygens (including phenoxy) is 1. The molecule has 0 fully saturated rings. The van der Waals surface area contributed by atoms with E-state index in [2.05, 4.69) is 69.7 Å². The van der Waals surface area contributed by atoms with Gasteiger partial charge >= 0.3 is 5.97 Å². The molecule has 2 heterocycles. The second-order valence-electron chi connectivity index (χ2n) is 11.8. The molecular weight excluding hydrogens is 579 g/mol. The number of aliphatic carboxylic acids is 1. The van der Waals surface area contributed by atoms with Crippen molar-refractivity contribution in [3.63, 3.8) is 0 Å². The van der Waals surface area contributed by atoms with Crippen LogP contribution in [-0.4, -0.2) is 33.4 Å². The lowest BCUT2D eigenvalue weighted by Gasteiger charge is -2.22. The molecule has 2 aromatic heterocycles. The van der Waals surface area contributed by atoms with Gasteiger partial charge in [0.1, 0.15) is 12.4 Å². The third kappa shape index (κ3) is 7.73. The Kier molecular flexibility index (Phi) is 9.89. The lowest BCUT2D eigenvalue weighted by molar-refractivity contribution is -0.146. The lowest BCUT2D eigenvalue weighted by atomic mass is 9.88. The van der Waals surface area contributed by atoms with E-state index in [0.717, 1.165) is 55.2 Å². The number of aliphatic imine (C=N–C) groups is 1. The largest absolute Gasteiger partial charge is 0.487 e. The van der Waals surface area contributed by atoms with Crippen LogP contribution in [0.15, 0.2) is 118 Å². The van der Waals surface area contributed by atoms with Gasteiger partial charge in [0.2, 0.25) is 0 Å². The molecule has 5 rings (SSSR count). The van der Waals surface area contributed by atoms with Gasteiger partial charge in [-0.1, -0.05) is 73.8 Å². The average Bonchev–Trinajstić information content (AvgIpc) is 3.30. The number of rotatable bonds is 13. The van der Waals surface area contributed by atoms with Gasteiger partial charge in [0.05, 0.1) is 16.6 Å². The highest BCUT2D eigenvalue weighted by Gasteiger charge is 2.32. The monoisotopic (exact) mass is 617 g/mol. The summed E-state index contributed by atoms with van der Waals surface area (Å²) >= 11 is 1.66. The molecular formula is C38H39N3O3S. The van der Waals surface area contributed by atoms with Gasteiger partial charge in [-0.25, -0.2) is 0 Å². The molecule has 0 saturated heterocycles. The van der Waals surface area contributed by atoms with Crippen LogP contribution in [0.1, 0.15) is 44.1 Å². The lowest BCUT2D eigenvalue weighted by Crippen LogP contribution is -2.27. The molecule has 0 amide bonds. The van der Waals surface area contributed by atoms with Gasteiger partial charge in [-0.3, -0.25) is 14.8 Å². The van der Waals surface area contributed by atoms with E-state index in [-0.39, 0.29) is 6.61 Å². The molecule has 5 aromatic rings. The summed E-state index contributed by atoms with van der Waals surface area (Å²) in [4.78, 5) is 23.3. The zero-order valence-corrected chi connectivity index (χ0v) is 27.1. The standard InChI is InChI=1S/C38H39N3O3S/c1-6-20-39-27(3)25-44-31-16-19-33-34(21-31)41(24-28-10-8-7-9-11-28)35(22-38(4,5)37(42)43)36(33)45-32-17-14-29(15-18-32)30-13-12-26(2)40-23-30/h7-21,23H,3,6,22,24-25H2,1-2,4-5H3,(H,42,43)/b39-20-. The van der Waals surface area contributed by atoms with E-state index in [0.29, 0.717) is 24.4 Å². The minimum absolute atomic E-state index is 0.283. The summed E-state index contributed by atoms with van der Waals surface area (Å²) in [6, 6.07) is 28.9. The number of carbonyl (C=O) groups is 1. The summed E-state index contributed by atoms with van der Waals surface area (Å²) in [5, 5.41) is 11.2. The van der Waals surface area contributed by atoms with Gasteiger partial charge in [0.15, 0.2) is 0 Å². The van der Waals surface area contributed by atoms with E-state index in [1.165, 1.54) is 0 Å². The molecule has 0 unspecified atom stereocenters. The zero-order chi connectivity index (χ0) is 32.0. The molecule has 230 valence electrons. The molecule has 7 heteroatoms. The van der Waals surface area contributed by atoms with Crippen LogP contribution in [0.3, 0.4) is 0 Å². The van der Waals surface area contributed by atoms with Crippen molar-refractivity contribution in [1.82, 2.24) is 9.55 Å². The Morgan fingerprint density at radius 3 is 2.44 bits per heavy atom. The molecule has 0 aliphatic heterocycles. The first-order chi connectivity index (χ1) is 21.6. The quantitative estimate of drug-likeness (QED) is 0.133. The number of aryl methyl sites for hydroxylation is 1. The highest BCUT2D eigenvalue weighted by Crippen LogP contribution is 2.43. The Morgan fingerprint density at radius 1 is 1.04 bits per heavy atom. The normalized spacial score (nSPS) is 11.7. The number of nitrogens with zero attached hydrogens (tertiary/aromatic N) is 3. The average molecular weight is 618 g/mol. The maximum Gasteiger partial charge on any atom is 0.309 e. The van der Waals surface area contributed by atoms with E-state index in [9.17, 15) is 9.90 Å². The van der Waals surface area contributed by atoms with Crippen molar-refractivity contribution in [3.8, 4) is 16.9 Å². The molecule has 0 bridgehead atoms. The summed E-state index contributed by atoms with van der Waals surface area (Å²) in [6.45, 7) is 12.5. The van der Waals surface area contributed by atoms with E-state index in [1.54, 1.807) is 25.6 Å². The first kappa shape index (κ1) is 31.8. The van der Waals surface area contributed by atoms with Gasteiger partial charge in [-0.15, -0.1) is 0 Å². The number of aromatic nitrogens is 2. The second kappa shape index (κ2) is 14.0. The van der Waals surface area contributed by atoms with Crippen LogP contribution < -0.4 is 4.74 Å². The molecule has 0 spiro atoms. The number of benzene rings is 3. The predicted molar refractivity (Wildman–Crippen MR) is 185 cm³/mol. The number of pyridine rings is 1. The van der Waals surface area contributed by atoms with Gasteiger partial charge in [-0.2, -0.15) is 0 Å².